The van der Waals surface area contributed by atoms with E-state index in [-0.39, 0.29) is 12.5 Å². The first-order chi connectivity index (χ1) is 13.1. The molecule has 0 saturated carbocycles. The number of rotatable bonds is 4. The summed E-state index contributed by atoms with van der Waals surface area (Å²) in [5.41, 5.74) is 0.157. The van der Waals surface area contributed by atoms with Crippen LogP contribution in [-0.4, -0.2) is 51.7 Å². The highest BCUT2D eigenvalue weighted by atomic mass is 35.5. The Morgan fingerprint density at radius 3 is 2.29 bits per heavy atom. The Hall–Kier alpha value is -1.77. The number of benzene rings is 1. The van der Waals surface area contributed by atoms with Gasteiger partial charge in [0, 0.05) is 54.0 Å². The average Bonchev–Trinajstić information content (AvgIpc) is 3.00. The van der Waals surface area contributed by atoms with E-state index < -0.39 is 11.9 Å². The van der Waals surface area contributed by atoms with Crippen molar-refractivity contribution in [2.24, 2.45) is 0 Å². The van der Waals surface area contributed by atoms with E-state index in [1.54, 1.807) is 23.1 Å². The van der Waals surface area contributed by atoms with E-state index in [1.165, 1.54) is 6.92 Å². The predicted octanol–water partition coefficient (Wildman–Crippen LogP) is 3.86. The average molecular weight is 435 g/mol. The molecule has 10 heteroatoms. The maximum Gasteiger partial charge on any atom is 0.435 e. The minimum absolute atomic E-state index is 0.210. The van der Waals surface area contributed by atoms with E-state index in [9.17, 15) is 18.0 Å². The highest BCUT2D eigenvalue weighted by molar-refractivity contribution is 6.35. The number of hydrogen-bond donors (Lipinski definition) is 0. The zero-order chi connectivity index (χ0) is 20.5. The number of amides is 1. The summed E-state index contributed by atoms with van der Waals surface area (Å²) in [5.74, 6) is -0.254. The van der Waals surface area contributed by atoms with E-state index in [2.05, 4.69) is 10.00 Å². The van der Waals surface area contributed by atoms with Crippen molar-refractivity contribution in [3.05, 3.63) is 51.3 Å². The molecule has 0 radical (unpaired) electrons. The molecule has 0 bridgehead atoms. The fourth-order valence-electron chi connectivity index (χ4n) is 3.10. The summed E-state index contributed by atoms with van der Waals surface area (Å²) in [4.78, 5) is 16.2. The molecule has 1 fully saturated rings. The lowest BCUT2D eigenvalue weighted by Gasteiger charge is -2.35. The molecule has 1 amide bonds. The zero-order valence-electron chi connectivity index (χ0n) is 15.1. The number of piperazine rings is 1. The van der Waals surface area contributed by atoms with Crippen LogP contribution in [0.15, 0.2) is 24.3 Å². The monoisotopic (exact) mass is 434 g/mol. The second-order valence-electron chi connectivity index (χ2n) is 6.68. The lowest BCUT2D eigenvalue weighted by Crippen LogP contribution is -2.49. The van der Waals surface area contributed by atoms with Crippen LogP contribution >= 0.6 is 23.2 Å². The van der Waals surface area contributed by atoms with Gasteiger partial charge in [-0.15, -0.1) is 0 Å². The van der Waals surface area contributed by atoms with Crippen molar-refractivity contribution in [1.29, 1.82) is 0 Å². The Kier molecular flexibility index (Phi) is 6.21. The molecule has 1 aliphatic rings. The molecule has 2 heterocycles. The van der Waals surface area contributed by atoms with E-state index in [0.717, 1.165) is 16.3 Å². The van der Waals surface area contributed by atoms with Gasteiger partial charge in [0.2, 0.25) is 5.91 Å². The van der Waals surface area contributed by atoms with Crippen LogP contribution in [0, 0.1) is 6.92 Å². The van der Waals surface area contributed by atoms with Crippen LogP contribution in [0.4, 0.5) is 13.2 Å². The van der Waals surface area contributed by atoms with Crippen LogP contribution in [0.5, 0.6) is 0 Å². The third-order valence-corrected chi connectivity index (χ3v) is 5.43. The summed E-state index contributed by atoms with van der Waals surface area (Å²) in [6.07, 6.45) is -4.52. The number of aromatic nitrogens is 2. The Bertz CT molecular complexity index is 841. The standard InChI is InChI=1S/C18H19Cl2F3N4O/c1-12-9-16(18(21,22)23)24-27(12)11-17(28)26-7-5-25(6-8-26)10-13-14(19)3-2-4-15(13)20/h2-4,9H,5-8,10-11H2,1H3. The van der Waals surface area contributed by atoms with E-state index >= 15 is 0 Å². The molecule has 2 aromatic rings. The Morgan fingerprint density at radius 2 is 1.75 bits per heavy atom. The SMILES string of the molecule is Cc1cc(C(F)(F)F)nn1CC(=O)N1CCN(Cc2c(Cl)cccc2Cl)CC1. The smallest absolute Gasteiger partial charge is 0.339 e. The third-order valence-electron chi connectivity index (χ3n) is 4.73. The van der Waals surface area contributed by atoms with Crippen LogP contribution in [0.1, 0.15) is 17.0 Å². The maximum absolute atomic E-state index is 12.8. The van der Waals surface area contributed by atoms with Crippen molar-refractivity contribution < 1.29 is 18.0 Å². The Balaban J connectivity index is 1.56. The molecule has 0 aliphatic carbocycles. The molecular formula is C18H19Cl2F3N4O. The van der Waals surface area contributed by atoms with Crippen LogP contribution in [0.3, 0.4) is 0 Å². The van der Waals surface area contributed by atoms with Gasteiger partial charge < -0.3 is 4.90 Å². The van der Waals surface area contributed by atoms with Crippen molar-refractivity contribution >= 4 is 29.1 Å². The van der Waals surface area contributed by atoms with Gasteiger partial charge in [0.15, 0.2) is 5.69 Å². The van der Waals surface area contributed by atoms with Crippen LogP contribution in [0.2, 0.25) is 10.0 Å². The maximum atomic E-state index is 12.8. The van der Waals surface area contributed by atoms with Crippen LogP contribution < -0.4 is 0 Å². The second kappa shape index (κ2) is 8.31. The highest BCUT2D eigenvalue weighted by Gasteiger charge is 2.34. The Morgan fingerprint density at radius 1 is 1.14 bits per heavy atom. The van der Waals surface area contributed by atoms with Crippen molar-refractivity contribution in [1.82, 2.24) is 19.6 Å². The van der Waals surface area contributed by atoms with E-state index in [0.29, 0.717) is 48.5 Å². The fraction of sp³-hybridized carbons (Fsp3) is 0.444. The van der Waals surface area contributed by atoms with E-state index in [1.807, 2.05) is 0 Å². The number of carbonyl (C=O) groups excluding carboxylic acids is 1. The van der Waals surface area contributed by atoms with Crippen molar-refractivity contribution in [2.45, 2.75) is 26.2 Å². The topological polar surface area (TPSA) is 41.4 Å². The van der Waals surface area contributed by atoms with Gasteiger partial charge in [-0.3, -0.25) is 14.4 Å². The molecule has 1 aliphatic heterocycles. The van der Waals surface area contributed by atoms with Crippen LogP contribution in [0.25, 0.3) is 0 Å². The number of alkyl halides is 3. The van der Waals surface area contributed by atoms with Crippen molar-refractivity contribution in [2.75, 3.05) is 26.2 Å². The van der Waals surface area contributed by atoms with Gasteiger partial charge in [-0.1, -0.05) is 29.3 Å². The molecule has 3 rings (SSSR count). The minimum atomic E-state index is -4.52. The Labute approximate surface area is 170 Å². The summed E-state index contributed by atoms with van der Waals surface area (Å²) < 4.78 is 39.4. The molecule has 0 N–H and O–H groups in total. The number of hydrogen-bond acceptors (Lipinski definition) is 3. The minimum Gasteiger partial charge on any atom is -0.339 e. The highest BCUT2D eigenvalue weighted by Crippen LogP contribution is 2.28. The molecule has 0 spiro atoms. The number of halogens is 5. The van der Waals surface area contributed by atoms with Crippen molar-refractivity contribution in [3.8, 4) is 0 Å². The van der Waals surface area contributed by atoms with Gasteiger partial charge >= 0.3 is 6.18 Å². The summed E-state index contributed by atoms with van der Waals surface area (Å²) in [5, 5.41) is 4.71. The van der Waals surface area contributed by atoms with E-state index in [4.69, 9.17) is 23.2 Å². The molecule has 28 heavy (non-hydrogen) atoms. The number of carbonyl (C=O) groups is 1. The second-order valence-corrected chi connectivity index (χ2v) is 7.50. The van der Waals surface area contributed by atoms with Gasteiger partial charge in [0.1, 0.15) is 6.54 Å². The normalized spacial score (nSPS) is 15.9. The van der Waals surface area contributed by atoms with Gasteiger partial charge in [0.25, 0.3) is 0 Å². The molecule has 152 valence electrons. The fourth-order valence-corrected chi connectivity index (χ4v) is 3.62. The molecule has 0 unspecified atom stereocenters. The largest absolute Gasteiger partial charge is 0.435 e. The summed E-state index contributed by atoms with van der Waals surface area (Å²) >= 11 is 12.4. The number of nitrogens with zero attached hydrogens (tertiary/aromatic N) is 4. The zero-order valence-corrected chi connectivity index (χ0v) is 16.7. The predicted molar refractivity (Wildman–Crippen MR) is 100 cm³/mol. The first-order valence-corrected chi connectivity index (χ1v) is 9.45. The first-order valence-electron chi connectivity index (χ1n) is 8.70. The molecule has 5 nitrogen and oxygen atoms in total. The van der Waals surface area contributed by atoms with Gasteiger partial charge in [0.05, 0.1) is 0 Å². The quantitative estimate of drug-likeness (QED) is 0.733. The van der Waals surface area contributed by atoms with Crippen LogP contribution in [-0.2, 0) is 24.1 Å². The van der Waals surface area contributed by atoms with Gasteiger partial charge in [-0.25, -0.2) is 0 Å². The summed E-state index contributed by atoms with van der Waals surface area (Å²) in [6.45, 7) is 4.08. The molecule has 1 aromatic heterocycles. The first kappa shape index (κ1) is 21.0. The molecule has 1 saturated heterocycles. The lowest BCUT2D eigenvalue weighted by molar-refractivity contribution is -0.142. The lowest BCUT2D eigenvalue weighted by atomic mass is 10.2. The summed E-state index contributed by atoms with van der Waals surface area (Å²) in [7, 11) is 0. The molecular weight excluding hydrogens is 416 g/mol. The molecule has 0 atom stereocenters. The third kappa shape index (κ3) is 4.79. The van der Waals surface area contributed by atoms with Crippen molar-refractivity contribution in [3.63, 3.8) is 0 Å². The van der Waals surface area contributed by atoms with Gasteiger partial charge in [-0.2, -0.15) is 18.3 Å². The molecule has 1 aromatic carbocycles. The number of aryl methyl sites for hydroxylation is 1. The summed E-state index contributed by atoms with van der Waals surface area (Å²) in [6, 6.07) is 6.29. The van der Waals surface area contributed by atoms with Gasteiger partial charge in [-0.05, 0) is 25.1 Å².